The maximum absolute atomic E-state index is 11.8. The van der Waals surface area contributed by atoms with Crippen molar-refractivity contribution in [2.24, 2.45) is 5.92 Å². The van der Waals surface area contributed by atoms with E-state index in [9.17, 15) is 4.79 Å². The Morgan fingerprint density at radius 1 is 1.38 bits per heavy atom. The third-order valence-electron chi connectivity index (χ3n) is 3.10. The van der Waals surface area contributed by atoms with Gasteiger partial charge in [0.1, 0.15) is 0 Å². The number of hydrogen-bond donors (Lipinski definition) is 0. The molecule has 3 heteroatoms. The van der Waals surface area contributed by atoms with Crippen LogP contribution in [0.5, 0.6) is 0 Å². The highest BCUT2D eigenvalue weighted by Gasteiger charge is 2.29. The van der Waals surface area contributed by atoms with Crippen molar-refractivity contribution in [2.75, 3.05) is 0 Å². The lowest BCUT2D eigenvalue weighted by Crippen LogP contribution is -2.10. The number of Topliss-reactive ketones (excluding diaryl/α,β-unsaturated/α-hetero) is 1. The molecule has 0 saturated heterocycles. The van der Waals surface area contributed by atoms with Crippen molar-refractivity contribution in [2.45, 2.75) is 19.4 Å². The highest BCUT2D eigenvalue weighted by atomic mass is 35.5. The summed E-state index contributed by atoms with van der Waals surface area (Å²) >= 11 is 6.15. The smallest absolute Gasteiger partial charge is 0.155 e. The average Bonchev–Trinajstić information content (AvgIpc) is 3.03. The Labute approximate surface area is 98.8 Å². The molecule has 1 aromatic heterocycles. The first kappa shape index (κ1) is 9.91. The lowest BCUT2D eigenvalue weighted by Gasteiger charge is -2.05. The second kappa shape index (κ2) is 3.63. The van der Waals surface area contributed by atoms with Gasteiger partial charge in [0, 0.05) is 17.5 Å². The minimum atomic E-state index is 0.305. The molecule has 1 aliphatic carbocycles. The van der Waals surface area contributed by atoms with Crippen molar-refractivity contribution in [3.05, 3.63) is 35.5 Å². The molecule has 0 unspecified atom stereocenters. The molecule has 0 N–H and O–H groups in total. The van der Waals surface area contributed by atoms with Crippen LogP contribution in [0.25, 0.3) is 10.9 Å². The summed E-state index contributed by atoms with van der Waals surface area (Å²) in [4.78, 5) is 11.8. The number of carbonyl (C=O) groups excluding carboxylic acids is 1. The van der Waals surface area contributed by atoms with Crippen molar-refractivity contribution in [1.29, 1.82) is 0 Å². The fraction of sp³-hybridized carbons (Fsp3) is 0.308. The van der Waals surface area contributed by atoms with Gasteiger partial charge in [-0.2, -0.15) is 0 Å². The quantitative estimate of drug-likeness (QED) is 0.798. The van der Waals surface area contributed by atoms with E-state index in [0.717, 1.165) is 23.7 Å². The second-order valence-corrected chi connectivity index (χ2v) is 4.77. The molecular weight excluding hydrogens is 222 g/mol. The topological polar surface area (TPSA) is 22.0 Å². The summed E-state index contributed by atoms with van der Waals surface area (Å²) in [6.45, 7) is 0.456. The molecule has 82 valence electrons. The standard InChI is InChI=1S/C13H12ClNO/c14-11-3-1-2-10-6-7-15(13(10)11)8-12(16)9-4-5-9/h1-3,6-7,9H,4-5,8H2. The largest absolute Gasteiger partial charge is 0.339 e. The highest BCUT2D eigenvalue weighted by Crippen LogP contribution is 2.31. The van der Waals surface area contributed by atoms with E-state index in [1.54, 1.807) is 0 Å². The Morgan fingerprint density at radius 2 is 2.19 bits per heavy atom. The molecule has 1 aliphatic rings. The van der Waals surface area contributed by atoms with E-state index in [2.05, 4.69) is 0 Å². The van der Waals surface area contributed by atoms with Gasteiger partial charge in [0.05, 0.1) is 17.1 Å². The summed E-state index contributed by atoms with van der Waals surface area (Å²) in [5.74, 6) is 0.636. The lowest BCUT2D eigenvalue weighted by molar-refractivity contribution is -0.120. The van der Waals surface area contributed by atoms with Gasteiger partial charge in [0.2, 0.25) is 0 Å². The van der Waals surface area contributed by atoms with Crippen LogP contribution in [0, 0.1) is 5.92 Å². The number of benzene rings is 1. The monoisotopic (exact) mass is 233 g/mol. The van der Waals surface area contributed by atoms with E-state index in [1.807, 2.05) is 35.0 Å². The van der Waals surface area contributed by atoms with Crippen LogP contribution in [-0.4, -0.2) is 10.4 Å². The molecule has 1 heterocycles. The summed E-state index contributed by atoms with van der Waals surface area (Å²) in [5.41, 5.74) is 0.971. The zero-order valence-corrected chi connectivity index (χ0v) is 9.57. The van der Waals surface area contributed by atoms with Crippen molar-refractivity contribution in [3.63, 3.8) is 0 Å². The summed E-state index contributed by atoms with van der Waals surface area (Å²) in [6, 6.07) is 7.81. The number of ketones is 1. The van der Waals surface area contributed by atoms with Crippen molar-refractivity contribution in [3.8, 4) is 0 Å². The molecule has 0 atom stereocenters. The van der Waals surface area contributed by atoms with Gasteiger partial charge < -0.3 is 4.57 Å². The molecule has 0 amide bonds. The van der Waals surface area contributed by atoms with Crippen LogP contribution in [0.1, 0.15) is 12.8 Å². The van der Waals surface area contributed by atoms with E-state index in [4.69, 9.17) is 11.6 Å². The number of para-hydroxylation sites is 1. The Bertz CT molecular complexity index is 554. The molecule has 0 bridgehead atoms. The van der Waals surface area contributed by atoms with Crippen molar-refractivity contribution in [1.82, 2.24) is 4.57 Å². The SMILES string of the molecule is O=C(Cn1ccc2cccc(Cl)c21)C1CC1. The van der Waals surface area contributed by atoms with E-state index in [0.29, 0.717) is 23.3 Å². The predicted molar refractivity (Wildman–Crippen MR) is 64.7 cm³/mol. The maximum atomic E-state index is 11.8. The number of nitrogens with zero attached hydrogens (tertiary/aromatic N) is 1. The van der Waals surface area contributed by atoms with E-state index in [-0.39, 0.29) is 0 Å². The van der Waals surface area contributed by atoms with Gasteiger partial charge in [-0.05, 0) is 25.0 Å². The van der Waals surface area contributed by atoms with Crippen LogP contribution in [0.2, 0.25) is 5.02 Å². The summed E-state index contributed by atoms with van der Waals surface area (Å²) in [7, 11) is 0. The highest BCUT2D eigenvalue weighted by molar-refractivity contribution is 6.35. The fourth-order valence-electron chi connectivity index (χ4n) is 2.05. The Balaban J connectivity index is 1.99. The number of hydrogen-bond acceptors (Lipinski definition) is 1. The summed E-state index contributed by atoms with van der Waals surface area (Å²) in [5, 5.41) is 1.81. The van der Waals surface area contributed by atoms with Gasteiger partial charge in [0.25, 0.3) is 0 Å². The second-order valence-electron chi connectivity index (χ2n) is 4.36. The fourth-order valence-corrected chi connectivity index (χ4v) is 2.34. The van der Waals surface area contributed by atoms with Crippen LogP contribution in [0.15, 0.2) is 30.5 Å². The Hall–Kier alpha value is -1.28. The maximum Gasteiger partial charge on any atom is 0.155 e. The Kier molecular flexibility index (Phi) is 2.25. The molecule has 3 rings (SSSR count). The van der Waals surface area contributed by atoms with Crippen LogP contribution >= 0.6 is 11.6 Å². The average molecular weight is 234 g/mol. The van der Waals surface area contributed by atoms with Crippen LogP contribution in [-0.2, 0) is 11.3 Å². The minimum absolute atomic E-state index is 0.305. The first-order chi connectivity index (χ1) is 7.75. The number of carbonyl (C=O) groups is 1. The van der Waals surface area contributed by atoms with E-state index in [1.165, 1.54) is 0 Å². The predicted octanol–water partition coefficient (Wildman–Crippen LogP) is 3.27. The third kappa shape index (κ3) is 1.63. The van der Waals surface area contributed by atoms with E-state index < -0.39 is 0 Å². The molecular formula is C13H12ClNO. The van der Waals surface area contributed by atoms with Crippen molar-refractivity contribution < 1.29 is 4.79 Å². The number of halogens is 1. The first-order valence-corrected chi connectivity index (χ1v) is 5.89. The Morgan fingerprint density at radius 3 is 2.94 bits per heavy atom. The number of rotatable bonds is 3. The molecule has 0 spiro atoms. The third-order valence-corrected chi connectivity index (χ3v) is 3.40. The van der Waals surface area contributed by atoms with Gasteiger partial charge in [0.15, 0.2) is 5.78 Å². The van der Waals surface area contributed by atoms with Gasteiger partial charge in [-0.1, -0.05) is 23.7 Å². The molecule has 2 nitrogen and oxygen atoms in total. The molecule has 0 aliphatic heterocycles. The van der Waals surface area contributed by atoms with Gasteiger partial charge in [-0.15, -0.1) is 0 Å². The van der Waals surface area contributed by atoms with Gasteiger partial charge >= 0.3 is 0 Å². The van der Waals surface area contributed by atoms with Crippen molar-refractivity contribution >= 4 is 28.3 Å². The van der Waals surface area contributed by atoms with Crippen LogP contribution < -0.4 is 0 Å². The normalized spacial score (nSPS) is 15.6. The number of aromatic nitrogens is 1. The molecule has 1 aromatic carbocycles. The molecule has 1 saturated carbocycles. The molecule has 1 fully saturated rings. The first-order valence-electron chi connectivity index (χ1n) is 5.52. The zero-order valence-electron chi connectivity index (χ0n) is 8.82. The summed E-state index contributed by atoms with van der Waals surface area (Å²) < 4.78 is 1.96. The van der Waals surface area contributed by atoms with Crippen LogP contribution in [0.4, 0.5) is 0 Å². The minimum Gasteiger partial charge on any atom is -0.339 e. The van der Waals surface area contributed by atoms with Gasteiger partial charge in [-0.3, -0.25) is 4.79 Å². The molecule has 16 heavy (non-hydrogen) atoms. The van der Waals surface area contributed by atoms with Crippen LogP contribution in [0.3, 0.4) is 0 Å². The van der Waals surface area contributed by atoms with E-state index >= 15 is 0 Å². The zero-order chi connectivity index (χ0) is 11.1. The molecule has 0 radical (unpaired) electrons. The lowest BCUT2D eigenvalue weighted by atomic mass is 10.2. The van der Waals surface area contributed by atoms with Gasteiger partial charge in [-0.25, -0.2) is 0 Å². The molecule has 2 aromatic rings. The summed E-state index contributed by atoms with van der Waals surface area (Å²) in [6.07, 6.45) is 4.06. The number of fused-ring (bicyclic) bond motifs is 1.